The van der Waals surface area contributed by atoms with Crippen LogP contribution in [0, 0.1) is 0 Å². The van der Waals surface area contributed by atoms with Crippen LogP contribution in [0.3, 0.4) is 0 Å². The topological polar surface area (TPSA) is 55.4 Å². The van der Waals surface area contributed by atoms with E-state index in [9.17, 15) is 9.59 Å². The fourth-order valence-corrected chi connectivity index (χ4v) is 2.34. The number of carbonyl (C=O) groups excluding carboxylic acids is 2. The summed E-state index contributed by atoms with van der Waals surface area (Å²) in [6, 6.07) is 7.24. The molecule has 1 saturated heterocycles. The number of carbonyl (C=O) groups is 2. The van der Waals surface area contributed by atoms with Crippen LogP contribution in [-0.2, 0) is 14.9 Å². The van der Waals surface area contributed by atoms with E-state index in [2.05, 4.69) is 26.1 Å². The molecule has 0 saturated carbocycles. The van der Waals surface area contributed by atoms with Crippen molar-refractivity contribution in [2.24, 2.45) is 0 Å². The Balaban J connectivity index is 1.94. The monoisotopic (exact) mass is 289 g/mol. The maximum atomic E-state index is 12.1. The molecule has 0 unspecified atom stereocenters. The quantitative estimate of drug-likeness (QED) is 0.684. The van der Waals surface area contributed by atoms with Crippen molar-refractivity contribution in [1.82, 2.24) is 5.32 Å². The van der Waals surface area contributed by atoms with Crippen LogP contribution in [0.25, 0.3) is 0 Å². The van der Waals surface area contributed by atoms with Gasteiger partial charge in [-0.1, -0.05) is 45.0 Å². The maximum absolute atomic E-state index is 12.1. The van der Waals surface area contributed by atoms with E-state index < -0.39 is 11.7 Å². The van der Waals surface area contributed by atoms with E-state index >= 15 is 0 Å². The van der Waals surface area contributed by atoms with E-state index in [-0.39, 0.29) is 11.5 Å². The standard InChI is InChI=1S/C17H23NO3/c1-17(2,3)13-8-6-12(7-9-13)15(19)16(20)18-11-14-5-4-10-21-14/h6-9,14H,4-5,10-11H2,1-3H3,(H,18,20)/t14-/m1/s1. The molecule has 0 aliphatic carbocycles. The van der Waals surface area contributed by atoms with Gasteiger partial charge in [-0.15, -0.1) is 0 Å². The zero-order valence-electron chi connectivity index (χ0n) is 12.9. The molecule has 1 N–H and O–H groups in total. The number of rotatable bonds is 4. The molecule has 1 heterocycles. The lowest BCUT2D eigenvalue weighted by Gasteiger charge is -2.19. The van der Waals surface area contributed by atoms with E-state index in [1.165, 1.54) is 0 Å². The largest absolute Gasteiger partial charge is 0.376 e. The summed E-state index contributed by atoms with van der Waals surface area (Å²) < 4.78 is 5.42. The minimum atomic E-state index is -0.561. The van der Waals surface area contributed by atoms with Crippen molar-refractivity contribution in [3.63, 3.8) is 0 Å². The van der Waals surface area contributed by atoms with Gasteiger partial charge >= 0.3 is 0 Å². The Kier molecular flexibility index (Phi) is 4.78. The Morgan fingerprint density at radius 2 is 1.90 bits per heavy atom. The van der Waals surface area contributed by atoms with Gasteiger partial charge in [-0.05, 0) is 23.8 Å². The first kappa shape index (κ1) is 15.7. The molecule has 0 aromatic heterocycles. The lowest BCUT2D eigenvalue weighted by molar-refractivity contribution is -0.117. The zero-order chi connectivity index (χ0) is 15.5. The van der Waals surface area contributed by atoms with Crippen LogP contribution in [-0.4, -0.2) is 30.9 Å². The summed E-state index contributed by atoms with van der Waals surface area (Å²) in [5.41, 5.74) is 1.59. The number of benzene rings is 1. The third-order valence-electron chi connectivity index (χ3n) is 3.73. The Hall–Kier alpha value is -1.68. The molecule has 4 nitrogen and oxygen atoms in total. The van der Waals surface area contributed by atoms with Crippen molar-refractivity contribution < 1.29 is 14.3 Å². The molecular weight excluding hydrogens is 266 g/mol. The van der Waals surface area contributed by atoms with Crippen molar-refractivity contribution in [3.8, 4) is 0 Å². The molecule has 4 heteroatoms. The van der Waals surface area contributed by atoms with Crippen LogP contribution in [0.4, 0.5) is 0 Å². The summed E-state index contributed by atoms with van der Waals surface area (Å²) in [4.78, 5) is 23.9. The van der Waals surface area contributed by atoms with Gasteiger partial charge in [-0.2, -0.15) is 0 Å². The van der Waals surface area contributed by atoms with Gasteiger partial charge in [0.1, 0.15) is 0 Å². The highest BCUT2D eigenvalue weighted by Gasteiger charge is 2.21. The molecule has 0 bridgehead atoms. The lowest BCUT2D eigenvalue weighted by atomic mass is 9.86. The average molecular weight is 289 g/mol. The molecule has 1 aromatic carbocycles. The second-order valence-corrected chi connectivity index (χ2v) is 6.50. The highest BCUT2D eigenvalue weighted by Crippen LogP contribution is 2.22. The Morgan fingerprint density at radius 1 is 1.24 bits per heavy atom. The first-order valence-corrected chi connectivity index (χ1v) is 7.42. The third kappa shape index (κ3) is 4.14. The third-order valence-corrected chi connectivity index (χ3v) is 3.73. The molecule has 1 aliphatic heterocycles. The summed E-state index contributed by atoms with van der Waals surface area (Å²) in [6.45, 7) is 7.47. The van der Waals surface area contributed by atoms with Crippen LogP contribution in [0.5, 0.6) is 0 Å². The summed E-state index contributed by atoms with van der Waals surface area (Å²) in [6.07, 6.45) is 2.00. The molecule has 114 valence electrons. The second kappa shape index (κ2) is 6.39. The minimum absolute atomic E-state index is 0.0314. The predicted molar refractivity (Wildman–Crippen MR) is 81.5 cm³/mol. The van der Waals surface area contributed by atoms with E-state index in [1.54, 1.807) is 12.1 Å². The van der Waals surface area contributed by atoms with Gasteiger partial charge in [0.25, 0.3) is 5.91 Å². The first-order chi connectivity index (χ1) is 9.88. The van der Waals surface area contributed by atoms with Crippen molar-refractivity contribution in [3.05, 3.63) is 35.4 Å². The van der Waals surface area contributed by atoms with Gasteiger partial charge in [-0.3, -0.25) is 9.59 Å². The summed E-state index contributed by atoms with van der Waals surface area (Å²) in [5.74, 6) is -1.05. The number of amides is 1. The summed E-state index contributed by atoms with van der Waals surface area (Å²) >= 11 is 0. The highest BCUT2D eigenvalue weighted by molar-refractivity contribution is 6.42. The van der Waals surface area contributed by atoms with E-state index in [4.69, 9.17) is 4.74 Å². The van der Waals surface area contributed by atoms with Crippen molar-refractivity contribution in [1.29, 1.82) is 0 Å². The van der Waals surface area contributed by atoms with Gasteiger partial charge in [0.05, 0.1) is 6.10 Å². The van der Waals surface area contributed by atoms with Crippen molar-refractivity contribution >= 4 is 11.7 Å². The van der Waals surface area contributed by atoms with Crippen LogP contribution < -0.4 is 5.32 Å². The number of nitrogens with one attached hydrogen (secondary N) is 1. The van der Waals surface area contributed by atoms with Crippen molar-refractivity contribution in [2.75, 3.05) is 13.2 Å². The molecule has 0 spiro atoms. The smallest absolute Gasteiger partial charge is 0.292 e. The molecule has 1 aliphatic rings. The Morgan fingerprint density at radius 3 is 2.43 bits per heavy atom. The minimum Gasteiger partial charge on any atom is -0.376 e. The number of ketones is 1. The SMILES string of the molecule is CC(C)(C)c1ccc(C(=O)C(=O)NC[C@H]2CCCO2)cc1. The van der Waals surface area contributed by atoms with Crippen LogP contribution in [0.15, 0.2) is 24.3 Å². The van der Waals surface area contributed by atoms with Crippen LogP contribution in [0.1, 0.15) is 49.5 Å². The van der Waals surface area contributed by atoms with Gasteiger partial charge in [0, 0.05) is 18.7 Å². The fraction of sp³-hybridized carbons (Fsp3) is 0.529. The fourth-order valence-electron chi connectivity index (χ4n) is 2.34. The summed E-state index contributed by atoms with van der Waals surface area (Å²) in [5, 5.41) is 2.65. The van der Waals surface area contributed by atoms with Gasteiger partial charge in [0.2, 0.25) is 5.78 Å². The molecule has 1 amide bonds. The molecule has 1 atom stereocenters. The Labute approximate surface area is 125 Å². The Bertz CT molecular complexity index is 508. The van der Waals surface area contributed by atoms with Gasteiger partial charge in [-0.25, -0.2) is 0 Å². The van der Waals surface area contributed by atoms with Crippen LogP contribution in [0.2, 0.25) is 0 Å². The molecule has 21 heavy (non-hydrogen) atoms. The predicted octanol–water partition coefficient (Wildman–Crippen LogP) is 2.46. The molecule has 0 radical (unpaired) electrons. The molecule has 2 rings (SSSR count). The van der Waals surface area contributed by atoms with E-state index in [1.807, 2.05) is 12.1 Å². The molecular formula is C17H23NO3. The number of hydrogen-bond donors (Lipinski definition) is 1. The normalized spacial score (nSPS) is 18.5. The number of hydrogen-bond acceptors (Lipinski definition) is 3. The number of ether oxygens (including phenoxy) is 1. The highest BCUT2D eigenvalue weighted by atomic mass is 16.5. The van der Waals surface area contributed by atoms with E-state index in [0.717, 1.165) is 25.0 Å². The molecule has 1 aromatic rings. The first-order valence-electron chi connectivity index (χ1n) is 7.42. The molecule has 1 fully saturated rings. The zero-order valence-corrected chi connectivity index (χ0v) is 12.9. The average Bonchev–Trinajstić information content (AvgIpc) is 2.96. The maximum Gasteiger partial charge on any atom is 0.292 e. The van der Waals surface area contributed by atoms with E-state index in [0.29, 0.717) is 12.1 Å². The second-order valence-electron chi connectivity index (χ2n) is 6.50. The van der Waals surface area contributed by atoms with Crippen molar-refractivity contribution in [2.45, 2.75) is 45.1 Å². The van der Waals surface area contributed by atoms with Gasteiger partial charge < -0.3 is 10.1 Å². The lowest BCUT2D eigenvalue weighted by Crippen LogP contribution is -2.36. The van der Waals surface area contributed by atoms with Gasteiger partial charge in [0.15, 0.2) is 0 Å². The number of Topliss-reactive ketones (excluding diaryl/α,β-unsaturated/α-hetero) is 1. The summed E-state index contributed by atoms with van der Waals surface area (Å²) in [7, 11) is 0. The van der Waals surface area contributed by atoms with Crippen LogP contribution >= 0.6 is 0 Å².